The fourth-order valence-corrected chi connectivity index (χ4v) is 2.06. The average Bonchev–Trinajstić information content (AvgIpc) is 2.52. The Hall–Kier alpha value is -2.11. The van der Waals surface area contributed by atoms with Crippen LogP contribution < -0.4 is 10.9 Å². The van der Waals surface area contributed by atoms with E-state index in [4.69, 9.17) is 11.6 Å². The van der Waals surface area contributed by atoms with Crippen molar-refractivity contribution >= 4 is 45.4 Å². The Morgan fingerprint density at radius 3 is 2.45 bits per heavy atom. The number of carbonyl (C=O) groups excluding carboxylic acids is 2. The minimum Gasteiger partial charge on any atom is -0.268 e. The van der Waals surface area contributed by atoms with Crippen molar-refractivity contribution in [1.82, 2.24) is 10.9 Å². The van der Waals surface area contributed by atoms with Gasteiger partial charge in [-0.25, -0.2) is 0 Å². The zero-order valence-electron chi connectivity index (χ0n) is 11.3. The van der Waals surface area contributed by atoms with Gasteiger partial charge in [0.05, 0.1) is 0 Å². The molecule has 0 spiro atoms. The van der Waals surface area contributed by atoms with E-state index in [1.165, 1.54) is 12.1 Å². The lowest BCUT2D eigenvalue weighted by atomic mass is 10.2. The lowest BCUT2D eigenvalue weighted by molar-refractivity contribution is -0.117. The summed E-state index contributed by atoms with van der Waals surface area (Å²) in [5, 5.41) is 0.453. The second-order valence-corrected chi connectivity index (χ2v) is 5.69. The van der Waals surface area contributed by atoms with Crippen LogP contribution in [0.25, 0.3) is 6.08 Å². The summed E-state index contributed by atoms with van der Waals surface area (Å²) >= 11 is 9.13. The van der Waals surface area contributed by atoms with Crippen LogP contribution in [0, 0.1) is 0 Å². The molecule has 0 saturated heterocycles. The van der Waals surface area contributed by atoms with Gasteiger partial charge < -0.3 is 0 Å². The molecule has 0 fully saturated rings. The topological polar surface area (TPSA) is 58.2 Å². The zero-order chi connectivity index (χ0) is 15.9. The quantitative estimate of drug-likeness (QED) is 0.632. The number of hydrogen-bond donors (Lipinski definition) is 2. The van der Waals surface area contributed by atoms with Gasteiger partial charge in [-0.2, -0.15) is 0 Å². The summed E-state index contributed by atoms with van der Waals surface area (Å²) in [7, 11) is 0. The summed E-state index contributed by atoms with van der Waals surface area (Å²) in [5.41, 5.74) is 5.86. The highest BCUT2D eigenvalue weighted by atomic mass is 79.9. The van der Waals surface area contributed by atoms with Gasteiger partial charge in [-0.05, 0) is 42.0 Å². The molecule has 2 rings (SSSR count). The normalized spacial score (nSPS) is 10.5. The average molecular weight is 380 g/mol. The van der Waals surface area contributed by atoms with Crippen molar-refractivity contribution in [1.29, 1.82) is 0 Å². The number of carbonyl (C=O) groups is 2. The van der Waals surface area contributed by atoms with Crippen molar-refractivity contribution in [3.05, 3.63) is 75.2 Å². The molecule has 22 heavy (non-hydrogen) atoms. The van der Waals surface area contributed by atoms with Crippen molar-refractivity contribution in [2.75, 3.05) is 0 Å². The van der Waals surface area contributed by atoms with E-state index in [9.17, 15) is 9.59 Å². The summed E-state index contributed by atoms with van der Waals surface area (Å²) < 4.78 is 0.961. The van der Waals surface area contributed by atoms with Gasteiger partial charge in [0.15, 0.2) is 0 Å². The number of rotatable bonds is 3. The van der Waals surface area contributed by atoms with Gasteiger partial charge in [-0.1, -0.05) is 45.7 Å². The van der Waals surface area contributed by atoms with Crippen LogP contribution in [0.5, 0.6) is 0 Å². The minimum atomic E-state index is -0.437. The Bertz CT molecular complexity index is 714. The van der Waals surface area contributed by atoms with Gasteiger partial charge in [0.25, 0.3) is 11.8 Å². The second-order valence-electron chi connectivity index (χ2n) is 4.34. The van der Waals surface area contributed by atoms with Gasteiger partial charge in [-0.3, -0.25) is 20.4 Å². The fourth-order valence-electron chi connectivity index (χ4n) is 1.61. The number of hydrazine groups is 1. The first-order valence-corrected chi connectivity index (χ1v) is 7.51. The van der Waals surface area contributed by atoms with Crippen molar-refractivity contribution in [3.63, 3.8) is 0 Å². The van der Waals surface area contributed by atoms with E-state index in [0.29, 0.717) is 10.6 Å². The first kappa shape index (κ1) is 16.3. The Labute approximate surface area is 141 Å². The molecular weight excluding hydrogens is 368 g/mol. The molecule has 2 aromatic carbocycles. The largest absolute Gasteiger partial charge is 0.269 e. The molecule has 0 aliphatic rings. The van der Waals surface area contributed by atoms with Crippen LogP contribution in [-0.4, -0.2) is 11.8 Å². The zero-order valence-corrected chi connectivity index (χ0v) is 13.7. The van der Waals surface area contributed by atoms with Crippen LogP contribution >= 0.6 is 27.5 Å². The summed E-state index contributed by atoms with van der Waals surface area (Å²) in [6.45, 7) is 0. The molecule has 0 aliphatic carbocycles. The maximum absolute atomic E-state index is 11.8. The smallest absolute Gasteiger partial charge is 0.268 e. The molecule has 0 bridgehead atoms. The minimum absolute atomic E-state index is 0.365. The highest BCUT2D eigenvalue weighted by Crippen LogP contribution is 2.11. The molecule has 2 amide bonds. The standard InChI is InChI=1S/C16H12BrClN2O2/c17-13-7-4-11(5-8-13)6-9-15(21)19-20-16(22)12-2-1-3-14(18)10-12/h1-10H,(H,19,21)(H,20,22)/b9-6+. The third-order valence-electron chi connectivity index (χ3n) is 2.68. The van der Waals surface area contributed by atoms with Gasteiger partial charge in [-0.15, -0.1) is 0 Å². The van der Waals surface area contributed by atoms with E-state index >= 15 is 0 Å². The SMILES string of the molecule is O=C(/C=C/c1ccc(Br)cc1)NNC(=O)c1cccc(Cl)c1. The molecule has 0 saturated carbocycles. The van der Waals surface area contributed by atoms with Crippen molar-refractivity contribution in [2.24, 2.45) is 0 Å². The molecule has 0 atom stereocenters. The molecule has 6 heteroatoms. The Kier molecular flexibility index (Phi) is 5.75. The highest BCUT2D eigenvalue weighted by Gasteiger charge is 2.06. The molecule has 2 N–H and O–H groups in total. The molecule has 2 aromatic rings. The first-order valence-electron chi connectivity index (χ1n) is 6.34. The Morgan fingerprint density at radius 2 is 1.77 bits per heavy atom. The number of nitrogens with one attached hydrogen (secondary N) is 2. The maximum Gasteiger partial charge on any atom is 0.269 e. The summed E-state index contributed by atoms with van der Waals surface area (Å²) in [5.74, 6) is -0.869. The molecule has 0 aromatic heterocycles. The predicted molar refractivity (Wildman–Crippen MR) is 90.2 cm³/mol. The van der Waals surface area contributed by atoms with Crippen LogP contribution in [0.1, 0.15) is 15.9 Å². The highest BCUT2D eigenvalue weighted by molar-refractivity contribution is 9.10. The van der Waals surface area contributed by atoms with Crippen LogP contribution in [0.2, 0.25) is 5.02 Å². The molecule has 4 nitrogen and oxygen atoms in total. The molecular formula is C16H12BrClN2O2. The summed E-state index contributed by atoms with van der Waals surface area (Å²) in [6, 6.07) is 13.9. The maximum atomic E-state index is 11.8. The number of amides is 2. The molecule has 0 aliphatic heterocycles. The van der Waals surface area contributed by atoms with E-state index in [1.54, 1.807) is 24.3 Å². The van der Waals surface area contributed by atoms with Gasteiger partial charge in [0, 0.05) is 21.1 Å². The third kappa shape index (κ3) is 5.02. The summed E-state index contributed by atoms with van der Waals surface area (Å²) in [6.07, 6.45) is 2.98. The van der Waals surface area contributed by atoms with E-state index in [2.05, 4.69) is 26.8 Å². The van der Waals surface area contributed by atoms with Gasteiger partial charge in [0.2, 0.25) is 0 Å². The van der Waals surface area contributed by atoms with Crippen molar-refractivity contribution < 1.29 is 9.59 Å². The van der Waals surface area contributed by atoms with Gasteiger partial charge >= 0.3 is 0 Å². The predicted octanol–water partition coefficient (Wildman–Crippen LogP) is 3.58. The monoisotopic (exact) mass is 378 g/mol. The van der Waals surface area contributed by atoms with E-state index in [0.717, 1.165) is 10.0 Å². The van der Waals surface area contributed by atoms with Crippen LogP contribution in [0.3, 0.4) is 0 Å². The number of hydrogen-bond acceptors (Lipinski definition) is 2. The van der Waals surface area contributed by atoms with Crippen molar-refractivity contribution in [3.8, 4) is 0 Å². The first-order chi connectivity index (χ1) is 10.5. The van der Waals surface area contributed by atoms with Crippen molar-refractivity contribution in [2.45, 2.75) is 0 Å². The lowest BCUT2D eigenvalue weighted by Crippen LogP contribution is -2.40. The Balaban J connectivity index is 1.87. The molecule has 0 radical (unpaired) electrons. The van der Waals surface area contributed by atoms with E-state index < -0.39 is 11.8 Å². The fraction of sp³-hybridized carbons (Fsp3) is 0. The van der Waals surface area contributed by atoms with Crippen LogP contribution in [-0.2, 0) is 4.79 Å². The van der Waals surface area contributed by atoms with Crippen LogP contribution in [0.4, 0.5) is 0 Å². The van der Waals surface area contributed by atoms with E-state index in [-0.39, 0.29) is 0 Å². The molecule has 0 heterocycles. The summed E-state index contributed by atoms with van der Waals surface area (Å²) in [4.78, 5) is 23.4. The molecule has 0 unspecified atom stereocenters. The lowest BCUT2D eigenvalue weighted by Gasteiger charge is -2.05. The number of benzene rings is 2. The van der Waals surface area contributed by atoms with E-state index in [1.807, 2.05) is 24.3 Å². The van der Waals surface area contributed by atoms with Gasteiger partial charge in [0.1, 0.15) is 0 Å². The second kappa shape index (κ2) is 7.77. The number of halogens is 2. The Morgan fingerprint density at radius 1 is 1.05 bits per heavy atom. The van der Waals surface area contributed by atoms with Crippen LogP contribution in [0.15, 0.2) is 59.1 Å². The third-order valence-corrected chi connectivity index (χ3v) is 3.45. The molecule has 112 valence electrons.